The molecule has 6 heteroatoms. The Morgan fingerprint density at radius 1 is 1.53 bits per heavy atom. The fraction of sp³-hybridized carbons (Fsp3) is 0.538. The number of amides is 2. The molecule has 0 bridgehead atoms. The van der Waals surface area contributed by atoms with Crippen LogP contribution in [-0.2, 0) is 11.3 Å². The molecule has 0 aliphatic carbocycles. The van der Waals surface area contributed by atoms with Crippen molar-refractivity contribution in [3.05, 3.63) is 21.9 Å². The predicted octanol–water partition coefficient (Wildman–Crippen LogP) is 2.06. The zero-order valence-electron chi connectivity index (χ0n) is 11.0. The molecule has 2 amide bonds. The highest BCUT2D eigenvalue weighted by Crippen LogP contribution is 2.24. The first kappa shape index (κ1) is 13.9. The summed E-state index contributed by atoms with van der Waals surface area (Å²) in [5, 5.41) is 16.0. The molecule has 2 unspecified atom stereocenters. The average molecular weight is 282 g/mol. The Hall–Kier alpha value is -1.56. The Kier molecular flexibility index (Phi) is 4.09. The van der Waals surface area contributed by atoms with Crippen LogP contribution in [0.5, 0.6) is 0 Å². The number of carboxylic acid groups (broad SMARTS) is 1. The maximum atomic E-state index is 12.1. The van der Waals surface area contributed by atoms with Gasteiger partial charge in [0.05, 0.1) is 0 Å². The molecule has 1 aliphatic heterocycles. The minimum atomic E-state index is -0.924. The molecular weight excluding hydrogens is 264 g/mol. The van der Waals surface area contributed by atoms with Crippen LogP contribution >= 0.6 is 11.3 Å². The number of nitrogens with zero attached hydrogens (tertiary/aromatic N) is 1. The molecule has 1 aliphatic rings. The Labute approximate surface area is 116 Å². The largest absolute Gasteiger partial charge is 0.480 e. The number of carbonyl (C=O) groups excluding carboxylic acids is 1. The van der Waals surface area contributed by atoms with Crippen LogP contribution in [0, 0.1) is 12.8 Å². The number of carboxylic acids is 1. The summed E-state index contributed by atoms with van der Waals surface area (Å²) < 4.78 is 0. The molecule has 104 valence electrons. The molecule has 19 heavy (non-hydrogen) atoms. The number of carbonyl (C=O) groups is 2. The average Bonchev–Trinajstić information content (AvgIpc) is 2.92. The second-order valence-electron chi connectivity index (χ2n) is 4.98. The molecule has 0 spiro atoms. The third-order valence-corrected chi connectivity index (χ3v) is 4.52. The highest BCUT2D eigenvalue weighted by atomic mass is 32.1. The number of hydrogen-bond acceptors (Lipinski definition) is 3. The number of rotatable bonds is 3. The standard InChI is InChI=1S/C13H18N2O3S/c1-8-3-4-15(11(8)12(16)17)13(18)14-5-10-7-19-6-9(10)2/h6-8,11H,3-5H2,1-2H3,(H,14,18)(H,16,17). The molecule has 5 nitrogen and oxygen atoms in total. The quantitative estimate of drug-likeness (QED) is 0.891. The first-order valence-corrected chi connectivity index (χ1v) is 7.24. The highest BCUT2D eigenvalue weighted by Gasteiger charge is 2.39. The van der Waals surface area contributed by atoms with Gasteiger partial charge >= 0.3 is 12.0 Å². The monoisotopic (exact) mass is 282 g/mol. The van der Waals surface area contributed by atoms with Crippen molar-refractivity contribution in [1.82, 2.24) is 10.2 Å². The van der Waals surface area contributed by atoms with Gasteiger partial charge < -0.3 is 15.3 Å². The van der Waals surface area contributed by atoms with Crippen molar-refractivity contribution < 1.29 is 14.7 Å². The summed E-state index contributed by atoms with van der Waals surface area (Å²) in [6.45, 7) is 4.82. The maximum absolute atomic E-state index is 12.1. The lowest BCUT2D eigenvalue weighted by Crippen LogP contribution is -2.47. The molecule has 2 N–H and O–H groups in total. The topological polar surface area (TPSA) is 69.6 Å². The van der Waals surface area contributed by atoms with E-state index in [0.717, 1.165) is 17.5 Å². The number of urea groups is 1. The number of aryl methyl sites for hydroxylation is 1. The van der Waals surface area contributed by atoms with Gasteiger partial charge in [0.2, 0.25) is 0 Å². The highest BCUT2D eigenvalue weighted by molar-refractivity contribution is 7.08. The van der Waals surface area contributed by atoms with E-state index in [9.17, 15) is 14.7 Å². The zero-order valence-corrected chi connectivity index (χ0v) is 11.9. The summed E-state index contributed by atoms with van der Waals surface area (Å²) in [6, 6.07) is -0.995. The summed E-state index contributed by atoms with van der Waals surface area (Å²) in [4.78, 5) is 24.7. The molecule has 0 saturated carbocycles. The van der Waals surface area contributed by atoms with Crippen molar-refractivity contribution in [2.45, 2.75) is 32.9 Å². The zero-order chi connectivity index (χ0) is 14.0. The molecule has 2 atom stereocenters. The molecule has 1 aromatic heterocycles. The fourth-order valence-corrected chi connectivity index (χ4v) is 3.25. The van der Waals surface area contributed by atoms with Gasteiger partial charge in [-0.2, -0.15) is 11.3 Å². The van der Waals surface area contributed by atoms with Gasteiger partial charge in [-0.1, -0.05) is 6.92 Å². The van der Waals surface area contributed by atoms with Gasteiger partial charge in [-0.05, 0) is 41.1 Å². The van der Waals surface area contributed by atoms with Crippen LogP contribution in [0.4, 0.5) is 4.79 Å². The van der Waals surface area contributed by atoms with Gasteiger partial charge in [0.15, 0.2) is 0 Å². The molecule has 1 fully saturated rings. The van der Waals surface area contributed by atoms with E-state index in [1.807, 2.05) is 24.6 Å². The van der Waals surface area contributed by atoms with Crippen LogP contribution in [0.2, 0.25) is 0 Å². The van der Waals surface area contributed by atoms with E-state index < -0.39 is 12.0 Å². The molecule has 2 rings (SSSR count). The SMILES string of the molecule is Cc1cscc1CNC(=O)N1CCC(C)C1C(=O)O. The van der Waals surface area contributed by atoms with Gasteiger partial charge in [0, 0.05) is 13.1 Å². The smallest absolute Gasteiger partial charge is 0.326 e. The summed E-state index contributed by atoms with van der Waals surface area (Å²) in [7, 11) is 0. The maximum Gasteiger partial charge on any atom is 0.326 e. The van der Waals surface area contributed by atoms with Crippen molar-refractivity contribution in [1.29, 1.82) is 0 Å². The van der Waals surface area contributed by atoms with E-state index in [2.05, 4.69) is 5.32 Å². The second kappa shape index (κ2) is 5.61. The molecule has 1 aromatic rings. The predicted molar refractivity (Wildman–Crippen MR) is 73.2 cm³/mol. The summed E-state index contributed by atoms with van der Waals surface area (Å²) in [6.07, 6.45) is 0.738. The van der Waals surface area contributed by atoms with E-state index in [0.29, 0.717) is 13.1 Å². The molecule has 0 aromatic carbocycles. The Balaban J connectivity index is 1.96. The van der Waals surface area contributed by atoms with E-state index in [4.69, 9.17) is 0 Å². The van der Waals surface area contributed by atoms with E-state index in [1.165, 1.54) is 4.90 Å². The normalized spacial score (nSPS) is 22.5. The first-order chi connectivity index (χ1) is 9.00. The number of aliphatic carboxylic acids is 1. The Morgan fingerprint density at radius 3 is 2.84 bits per heavy atom. The number of thiophene rings is 1. The van der Waals surface area contributed by atoms with Crippen LogP contribution < -0.4 is 5.32 Å². The molecule has 0 radical (unpaired) electrons. The van der Waals surface area contributed by atoms with Crippen molar-refractivity contribution >= 4 is 23.3 Å². The van der Waals surface area contributed by atoms with Gasteiger partial charge in [0.1, 0.15) is 6.04 Å². The number of hydrogen-bond donors (Lipinski definition) is 2. The summed E-state index contributed by atoms with van der Waals surface area (Å²) in [5.41, 5.74) is 2.23. The van der Waals surface area contributed by atoms with Crippen LogP contribution in [0.15, 0.2) is 10.8 Å². The van der Waals surface area contributed by atoms with Gasteiger partial charge in [-0.15, -0.1) is 0 Å². The minimum Gasteiger partial charge on any atom is -0.480 e. The summed E-state index contributed by atoms with van der Waals surface area (Å²) in [5.74, 6) is -0.919. The van der Waals surface area contributed by atoms with Gasteiger partial charge in [-0.3, -0.25) is 0 Å². The molecule has 1 saturated heterocycles. The van der Waals surface area contributed by atoms with Crippen LogP contribution in [0.25, 0.3) is 0 Å². The van der Waals surface area contributed by atoms with E-state index in [-0.39, 0.29) is 11.9 Å². The second-order valence-corrected chi connectivity index (χ2v) is 5.72. The van der Waals surface area contributed by atoms with Crippen molar-refractivity contribution in [2.75, 3.05) is 6.54 Å². The lowest BCUT2D eigenvalue weighted by molar-refractivity contribution is -0.142. The fourth-order valence-electron chi connectivity index (χ4n) is 2.39. The van der Waals surface area contributed by atoms with Crippen LogP contribution in [0.1, 0.15) is 24.5 Å². The third-order valence-electron chi connectivity index (χ3n) is 3.61. The number of nitrogens with one attached hydrogen (secondary N) is 1. The van der Waals surface area contributed by atoms with E-state index >= 15 is 0 Å². The minimum absolute atomic E-state index is 0.00568. The van der Waals surface area contributed by atoms with E-state index in [1.54, 1.807) is 11.3 Å². The lowest BCUT2D eigenvalue weighted by atomic mass is 10.0. The Bertz CT molecular complexity index is 486. The van der Waals surface area contributed by atoms with Crippen molar-refractivity contribution in [3.63, 3.8) is 0 Å². The first-order valence-electron chi connectivity index (χ1n) is 6.29. The number of likely N-dealkylation sites (tertiary alicyclic amines) is 1. The van der Waals surface area contributed by atoms with Crippen molar-refractivity contribution in [3.8, 4) is 0 Å². The summed E-state index contributed by atoms with van der Waals surface area (Å²) >= 11 is 1.60. The van der Waals surface area contributed by atoms with Crippen molar-refractivity contribution in [2.24, 2.45) is 5.92 Å². The molecule has 2 heterocycles. The van der Waals surface area contributed by atoms with Crippen LogP contribution in [0.3, 0.4) is 0 Å². The van der Waals surface area contributed by atoms with Crippen LogP contribution in [-0.4, -0.2) is 34.6 Å². The Morgan fingerprint density at radius 2 is 2.26 bits per heavy atom. The van der Waals surface area contributed by atoms with Gasteiger partial charge in [0.25, 0.3) is 0 Å². The molecular formula is C13H18N2O3S. The lowest BCUT2D eigenvalue weighted by Gasteiger charge is -2.23. The third kappa shape index (κ3) is 2.89. The van der Waals surface area contributed by atoms with Gasteiger partial charge in [-0.25, -0.2) is 9.59 Å².